The number of ether oxygens (including phenoxy) is 1. The maximum absolute atomic E-state index is 5.64. The molecular weight excluding hydrogens is 190 g/mol. The Bertz CT molecular complexity index is 331. The zero-order valence-corrected chi connectivity index (χ0v) is 8.52. The highest BCUT2D eigenvalue weighted by atomic mass is 16.5. The molecule has 79 valence electrons. The molecule has 2 aliphatic heterocycles. The van der Waals surface area contributed by atoms with Crippen LogP contribution in [0.4, 0.5) is 0 Å². The van der Waals surface area contributed by atoms with Crippen LogP contribution in [0.15, 0.2) is 18.3 Å². The van der Waals surface area contributed by atoms with Gasteiger partial charge in [0.2, 0.25) is 0 Å². The van der Waals surface area contributed by atoms with Gasteiger partial charge in [0.25, 0.3) is 0 Å². The molecule has 4 heteroatoms. The quantitative estimate of drug-likeness (QED) is 0.730. The second-order valence-corrected chi connectivity index (χ2v) is 4.28. The summed E-state index contributed by atoms with van der Waals surface area (Å²) in [4.78, 5) is 0. The van der Waals surface area contributed by atoms with Crippen LogP contribution in [0.2, 0.25) is 0 Å². The molecule has 1 aromatic rings. The number of rotatable bonds is 1. The summed E-state index contributed by atoms with van der Waals surface area (Å²) in [6.45, 7) is 1.50. The maximum atomic E-state index is 5.64. The number of nitrogens with one attached hydrogen (secondary N) is 1. The molecule has 2 fully saturated rings. The Kier molecular flexibility index (Phi) is 2.18. The average Bonchev–Trinajstić information content (AvgIpc) is 2.30. The highest BCUT2D eigenvalue weighted by Gasteiger charge is 2.42. The lowest BCUT2D eigenvalue weighted by molar-refractivity contribution is -0.0198. The zero-order valence-electron chi connectivity index (χ0n) is 8.52. The summed E-state index contributed by atoms with van der Waals surface area (Å²) in [5, 5.41) is 11.8. The molecular formula is C11H14N3O. The summed E-state index contributed by atoms with van der Waals surface area (Å²) in [6.07, 6.45) is 6.09. The zero-order chi connectivity index (χ0) is 10.1. The largest absolute Gasteiger partial charge is 0.377 e. The van der Waals surface area contributed by atoms with Crippen LogP contribution in [0.25, 0.3) is 0 Å². The molecule has 15 heavy (non-hydrogen) atoms. The van der Waals surface area contributed by atoms with Gasteiger partial charge in [0.15, 0.2) is 0 Å². The molecule has 2 saturated heterocycles. The topological polar surface area (TPSA) is 47.0 Å². The van der Waals surface area contributed by atoms with Crippen molar-refractivity contribution in [1.82, 2.24) is 15.5 Å². The van der Waals surface area contributed by atoms with Crippen molar-refractivity contribution in [1.29, 1.82) is 0 Å². The van der Waals surface area contributed by atoms with Crippen molar-refractivity contribution < 1.29 is 4.74 Å². The SMILES string of the molecule is [CH]1C[C@H]2COC[C@](c3cccnn3)(C1)N2. The molecule has 0 amide bonds. The van der Waals surface area contributed by atoms with Crippen LogP contribution in [-0.4, -0.2) is 29.5 Å². The average molecular weight is 204 g/mol. The highest BCUT2D eigenvalue weighted by molar-refractivity contribution is 5.19. The first-order valence-electron chi connectivity index (χ1n) is 5.34. The van der Waals surface area contributed by atoms with Crippen molar-refractivity contribution >= 4 is 0 Å². The van der Waals surface area contributed by atoms with Crippen molar-refractivity contribution in [3.8, 4) is 0 Å². The van der Waals surface area contributed by atoms with E-state index in [1.54, 1.807) is 6.20 Å². The number of nitrogens with zero attached hydrogens (tertiary/aromatic N) is 2. The van der Waals surface area contributed by atoms with Crippen molar-refractivity contribution in [2.24, 2.45) is 0 Å². The van der Waals surface area contributed by atoms with E-state index in [0.717, 1.165) is 25.1 Å². The van der Waals surface area contributed by atoms with E-state index in [1.807, 2.05) is 12.1 Å². The minimum Gasteiger partial charge on any atom is -0.377 e. The van der Waals surface area contributed by atoms with Gasteiger partial charge in [-0.05, 0) is 31.4 Å². The van der Waals surface area contributed by atoms with E-state index in [0.29, 0.717) is 12.6 Å². The number of aromatic nitrogens is 2. The van der Waals surface area contributed by atoms with E-state index >= 15 is 0 Å². The minimum atomic E-state index is -0.130. The Morgan fingerprint density at radius 2 is 2.53 bits per heavy atom. The molecule has 0 spiro atoms. The fraction of sp³-hybridized carbons (Fsp3) is 0.545. The fourth-order valence-electron chi connectivity index (χ4n) is 2.43. The normalized spacial score (nSPS) is 35.1. The Labute approximate surface area is 89.0 Å². The summed E-state index contributed by atoms with van der Waals surface area (Å²) in [6, 6.07) is 4.39. The summed E-state index contributed by atoms with van der Waals surface area (Å²) in [5.74, 6) is 0. The second-order valence-electron chi connectivity index (χ2n) is 4.28. The predicted molar refractivity (Wildman–Crippen MR) is 55.0 cm³/mol. The molecule has 3 heterocycles. The number of fused-ring (bicyclic) bond motifs is 2. The first-order valence-corrected chi connectivity index (χ1v) is 5.34. The van der Waals surface area contributed by atoms with Gasteiger partial charge in [0.1, 0.15) is 0 Å². The van der Waals surface area contributed by atoms with Crippen LogP contribution in [0, 0.1) is 6.42 Å². The molecule has 0 aromatic carbocycles. The van der Waals surface area contributed by atoms with Crippen LogP contribution >= 0.6 is 0 Å². The molecule has 0 aliphatic carbocycles. The molecule has 2 aliphatic rings. The van der Waals surface area contributed by atoms with Gasteiger partial charge < -0.3 is 4.74 Å². The second kappa shape index (κ2) is 3.54. The monoisotopic (exact) mass is 204 g/mol. The Morgan fingerprint density at radius 1 is 1.53 bits per heavy atom. The number of hydrogen-bond acceptors (Lipinski definition) is 4. The predicted octanol–water partition coefficient (Wildman–Crippen LogP) is 0.658. The Hall–Kier alpha value is -1.00. The van der Waals surface area contributed by atoms with Gasteiger partial charge >= 0.3 is 0 Å². The molecule has 0 unspecified atom stereocenters. The third-order valence-corrected chi connectivity index (χ3v) is 3.15. The lowest BCUT2D eigenvalue weighted by Crippen LogP contribution is -2.60. The van der Waals surface area contributed by atoms with Gasteiger partial charge in [-0.15, -0.1) is 0 Å². The molecule has 4 nitrogen and oxygen atoms in total. The Morgan fingerprint density at radius 3 is 3.40 bits per heavy atom. The third kappa shape index (κ3) is 1.54. The Balaban J connectivity index is 1.95. The number of hydrogen-bond donors (Lipinski definition) is 1. The van der Waals surface area contributed by atoms with Crippen molar-refractivity contribution in [2.75, 3.05) is 13.2 Å². The minimum absolute atomic E-state index is 0.130. The maximum Gasteiger partial charge on any atom is 0.0869 e. The molecule has 1 N–H and O–H groups in total. The van der Waals surface area contributed by atoms with E-state index in [-0.39, 0.29) is 5.54 Å². The fourth-order valence-corrected chi connectivity index (χ4v) is 2.43. The molecule has 1 aromatic heterocycles. The molecule has 0 saturated carbocycles. The van der Waals surface area contributed by atoms with Crippen LogP contribution in [0.5, 0.6) is 0 Å². The van der Waals surface area contributed by atoms with E-state index < -0.39 is 0 Å². The first-order chi connectivity index (χ1) is 7.39. The lowest BCUT2D eigenvalue weighted by atomic mass is 9.82. The number of morpholine rings is 1. The molecule has 2 atom stereocenters. The summed E-state index contributed by atoms with van der Waals surface area (Å²) in [5.41, 5.74) is 0.862. The van der Waals surface area contributed by atoms with Crippen LogP contribution < -0.4 is 5.32 Å². The molecule has 1 radical (unpaired) electrons. The van der Waals surface area contributed by atoms with Crippen molar-refractivity contribution in [2.45, 2.75) is 24.4 Å². The van der Waals surface area contributed by atoms with Crippen LogP contribution in [0.3, 0.4) is 0 Å². The van der Waals surface area contributed by atoms with Crippen molar-refractivity contribution in [3.63, 3.8) is 0 Å². The van der Waals surface area contributed by atoms with E-state index in [1.165, 1.54) is 0 Å². The van der Waals surface area contributed by atoms with Gasteiger partial charge in [0, 0.05) is 12.2 Å². The van der Waals surface area contributed by atoms with E-state index in [4.69, 9.17) is 4.74 Å². The van der Waals surface area contributed by atoms with Gasteiger partial charge in [-0.2, -0.15) is 10.2 Å². The van der Waals surface area contributed by atoms with Crippen molar-refractivity contribution in [3.05, 3.63) is 30.4 Å². The highest BCUT2D eigenvalue weighted by Crippen LogP contribution is 2.33. The number of piperidine rings is 1. The smallest absolute Gasteiger partial charge is 0.0869 e. The van der Waals surface area contributed by atoms with E-state index in [2.05, 4.69) is 21.9 Å². The molecule has 3 rings (SSSR count). The van der Waals surface area contributed by atoms with Gasteiger partial charge in [-0.3, -0.25) is 5.32 Å². The standard InChI is InChI=1S/C11H14N3O/c1-3-9-7-15-8-11(5-1,13-9)10-4-2-6-12-14-10/h1-2,4,6,9,13H,3,5,7-8H2/t9-,11-/m0/s1. The summed E-state index contributed by atoms with van der Waals surface area (Å²) in [7, 11) is 0. The molecule has 2 bridgehead atoms. The summed E-state index contributed by atoms with van der Waals surface area (Å²) < 4.78 is 5.64. The van der Waals surface area contributed by atoms with E-state index in [9.17, 15) is 0 Å². The first kappa shape index (κ1) is 9.24. The third-order valence-electron chi connectivity index (χ3n) is 3.15. The van der Waals surface area contributed by atoms with Crippen LogP contribution in [-0.2, 0) is 10.3 Å². The summed E-state index contributed by atoms with van der Waals surface area (Å²) >= 11 is 0. The van der Waals surface area contributed by atoms with Crippen LogP contribution in [0.1, 0.15) is 18.5 Å². The van der Waals surface area contributed by atoms with Gasteiger partial charge in [-0.1, -0.05) is 0 Å². The van der Waals surface area contributed by atoms with Gasteiger partial charge in [0.05, 0.1) is 24.4 Å². The lowest BCUT2D eigenvalue weighted by Gasteiger charge is -2.45. The van der Waals surface area contributed by atoms with Gasteiger partial charge in [-0.25, -0.2) is 0 Å².